The molecule has 4 heteroatoms. The van der Waals surface area contributed by atoms with Gasteiger partial charge in [0, 0.05) is 35.8 Å². The maximum absolute atomic E-state index is 2.57. The third-order valence-electron chi connectivity index (χ3n) is 8.77. The van der Waals surface area contributed by atoms with Gasteiger partial charge < -0.3 is 28.9 Å². The van der Waals surface area contributed by atoms with Crippen LogP contribution in [-0.2, 0) is 12.0 Å². The summed E-state index contributed by atoms with van der Waals surface area (Å²) in [5.41, 5.74) is 8.13. The zero-order chi connectivity index (χ0) is 25.5. The number of allylic oxidation sites excluding steroid dienone is 4. The quantitative estimate of drug-likeness (QED) is 0.204. The lowest BCUT2D eigenvalue weighted by atomic mass is 9.81. The fourth-order valence-electron chi connectivity index (χ4n) is 7.09. The number of nitrogens with zero attached hydrogens (tertiary/aromatic N) is 3. The Bertz CT molecular complexity index is 1800. The number of benzene rings is 4. The predicted octanol–water partition coefficient (Wildman–Crippen LogP) is 4.92. The van der Waals surface area contributed by atoms with Crippen LogP contribution >= 0.6 is 0 Å². The van der Waals surface area contributed by atoms with Crippen LogP contribution in [0.5, 0.6) is 0 Å². The van der Waals surface area contributed by atoms with Crippen LogP contribution in [0.2, 0.25) is 0 Å². The Hall–Kier alpha value is -3.12. The third kappa shape index (κ3) is 3.42. The lowest BCUT2D eigenvalue weighted by Gasteiger charge is -2.24. The normalized spacial score (nSPS) is 20.0. The van der Waals surface area contributed by atoms with Crippen LogP contribution in [0.1, 0.15) is 51.5 Å². The largest absolute Gasteiger partial charge is 1.00 e. The second kappa shape index (κ2) is 8.98. The molecule has 1 atom stereocenters. The fourth-order valence-corrected chi connectivity index (χ4v) is 7.09. The van der Waals surface area contributed by atoms with Crippen molar-refractivity contribution in [1.82, 2.24) is 4.57 Å². The number of hydrogen-bond donors (Lipinski definition) is 0. The van der Waals surface area contributed by atoms with E-state index in [9.17, 15) is 0 Å². The van der Waals surface area contributed by atoms with Crippen molar-refractivity contribution in [2.45, 2.75) is 52.1 Å². The molecule has 4 aromatic carbocycles. The van der Waals surface area contributed by atoms with Crippen molar-refractivity contribution in [3.8, 4) is 0 Å². The van der Waals surface area contributed by atoms with Gasteiger partial charge in [0.2, 0.25) is 0 Å². The van der Waals surface area contributed by atoms with Gasteiger partial charge in [-0.25, -0.2) is 9.13 Å². The molecule has 1 unspecified atom stereocenters. The summed E-state index contributed by atoms with van der Waals surface area (Å²) in [6, 6.07) is 27.3. The van der Waals surface area contributed by atoms with Gasteiger partial charge in [0.1, 0.15) is 6.04 Å². The molecule has 192 valence electrons. The standard InChI is InChI=1S/C34H34N3.HI/c1-6-36-29-20-24-12-7-8-13-25(24)21-30(29)37-22(2)19-26(33(36)37)16-18-31-34(3,4)32-27-14-10-9-11-23(27)15-17-28(32)35(31)5;/h7-18,20-22H,6,19H2,1-5H3;1H/q+1;/p-1. The minimum atomic E-state index is -0.0720. The highest BCUT2D eigenvalue weighted by atomic mass is 127. The Morgan fingerprint density at radius 3 is 2.34 bits per heavy atom. The number of fused-ring (bicyclic) bond motifs is 7. The average Bonchev–Trinajstić information content (AvgIpc) is 3.46. The highest BCUT2D eigenvalue weighted by Crippen LogP contribution is 2.50. The zero-order valence-electron chi connectivity index (χ0n) is 22.8. The summed E-state index contributed by atoms with van der Waals surface area (Å²) in [7, 11) is 2.22. The summed E-state index contributed by atoms with van der Waals surface area (Å²) in [4.78, 5) is 2.40. The molecule has 0 saturated carbocycles. The highest BCUT2D eigenvalue weighted by Gasteiger charge is 2.40. The summed E-state index contributed by atoms with van der Waals surface area (Å²) in [6.45, 7) is 10.3. The van der Waals surface area contributed by atoms with Crippen LogP contribution < -0.4 is 33.4 Å². The molecular weight excluding hydrogens is 577 g/mol. The fraction of sp³-hybridized carbons (Fsp3) is 0.265. The van der Waals surface area contributed by atoms with Crippen molar-refractivity contribution in [3.63, 3.8) is 0 Å². The molecule has 5 aromatic rings. The van der Waals surface area contributed by atoms with Gasteiger partial charge in [0.25, 0.3) is 5.82 Å². The van der Waals surface area contributed by atoms with Crippen LogP contribution in [-0.4, -0.2) is 11.6 Å². The number of hydrogen-bond acceptors (Lipinski definition) is 1. The molecule has 0 radical (unpaired) electrons. The highest BCUT2D eigenvalue weighted by molar-refractivity contribution is 5.96. The minimum Gasteiger partial charge on any atom is -1.00 e. The first-order valence-electron chi connectivity index (χ1n) is 13.5. The first kappa shape index (κ1) is 25.2. The van der Waals surface area contributed by atoms with Crippen molar-refractivity contribution < 1.29 is 28.5 Å². The molecule has 3 heterocycles. The van der Waals surface area contributed by atoms with Crippen molar-refractivity contribution in [3.05, 3.63) is 102 Å². The zero-order valence-corrected chi connectivity index (χ0v) is 25.0. The molecule has 3 nitrogen and oxygen atoms in total. The molecule has 38 heavy (non-hydrogen) atoms. The smallest absolute Gasteiger partial charge is 0.286 e. The van der Waals surface area contributed by atoms with Gasteiger partial charge >= 0.3 is 0 Å². The molecule has 2 aliphatic rings. The summed E-state index contributed by atoms with van der Waals surface area (Å²) < 4.78 is 5.09. The molecular formula is C34H34IN3. The van der Waals surface area contributed by atoms with Gasteiger partial charge in [-0.05, 0) is 71.3 Å². The maximum atomic E-state index is 2.57. The maximum Gasteiger partial charge on any atom is 0.286 e. The lowest BCUT2D eigenvalue weighted by molar-refractivity contribution is -0.670. The van der Waals surface area contributed by atoms with E-state index in [0.29, 0.717) is 6.04 Å². The Labute approximate surface area is 242 Å². The van der Waals surface area contributed by atoms with Crippen molar-refractivity contribution in [2.24, 2.45) is 0 Å². The Morgan fingerprint density at radius 1 is 0.921 bits per heavy atom. The minimum absolute atomic E-state index is 0. The van der Waals surface area contributed by atoms with E-state index in [4.69, 9.17) is 0 Å². The van der Waals surface area contributed by atoms with Crippen LogP contribution in [0.3, 0.4) is 0 Å². The van der Waals surface area contributed by atoms with Crippen LogP contribution in [0.4, 0.5) is 5.69 Å². The van der Waals surface area contributed by atoms with Crippen LogP contribution in [0, 0.1) is 0 Å². The molecule has 0 N–H and O–H groups in total. The number of aromatic nitrogens is 2. The molecule has 2 aliphatic heterocycles. The monoisotopic (exact) mass is 611 g/mol. The van der Waals surface area contributed by atoms with Gasteiger partial charge in [0.05, 0.1) is 6.54 Å². The van der Waals surface area contributed by atoms with Gasteiger partial charge in [-0.3, -0.25) is 0 Å². The number of aryl methyl sites for hydroxylation is 1. The van der Waals surface area contributed by atoms with Gasteiger partial charge in [-0.1, -0.05) is 68.4 Å². The topological polar surface area (TPSA) is 12.0 Å². The summed E-state index contributed by atoms with van der Waals surface area (Å²) in [5, 5.41) is 5.29. The molecule has 0 amide bonds. The average molecular weight is 612 g/mol. The van der Waals surface area contributed by atoms with E-state index in [2.05, 4.69) is 134 Å². The van der Waals surface area contributed by atoms with Gasteiger partial charge in [0.15, 0.2) is 11.0 Å². The molecule has 0 saturated heterocycles. The second-order valence-corrected chi connectivity index (χ2v) is 11.3. The predicted molar refractivity (Wildman–Crippen MR) is 156 cm³/mol. The van der Waals surface area contributed by atoms with E-state index in [1.807, 2.05) is 0 Å². The molecule has 0 aliphatic carbocycles. The number of rotatable bonds is 2. The van der Waals surface area contributed by atoms with E-state index in [1.54, 1.807) is 0 Å². The van der Waals surface area contributed by atoms with Gasteiger partial charge in [-0.2, -0.15) is 0 Å². The van der Waals surface area contributed by atoms with Crippen molar-refractivity contribution in [1.29, 1.82) is 0 Å². The summed E-state index contributed by atoms with van der Waals surface area (Å²) in [6.07, 6.45) is 5.85. The van der Waals surface area contributed by atoms with Crippen LogP contribution in [0.25, 0.3) is 38.2 Å². The summed E-state index contributed by atoms with van der Waals surface area (Å²) in [5.74, 6) is 1.36. The Kier molecular flexibility index (Phi) is 5.95. The first-order chi connectivity index (χ1) is 17.9. The molecule has 0 bridgehead atoms. The Balaban J connectivity index is 0.00000264. The van der Waals surface area contributed by atoms with E-state index in [-0.39, 0.29) is 29.4 Å². The molecule has 1 aromatic heterocycles. The number of halogens is 1. The number of anilines is 1. The van der Waals surface area contributed by atoms with Crippen LogP contribution in [0.15, 0.2) is 90.6 Å². The van der Waals surface area contributed by atoms with E-state index < -0.39 is 0 Å². The first-order valence-corrected chi connectivity index (χ1v) is 13.5. The third-order valence-corrected chi connectivity index (χ3v) is 8.77. The Morgan fingerprint density at radius 2 is 1.61 bits per heavy atom. The second-order valence-electron chi connectivity index (χ2n) is 11.3. The molecule has 0 spiro atoms. The lowest BCUT2D eigenvalue weighted by Crippen LogP contribution is -3.00. The van der Waals surface area contributed by atoms with Crippen molar-refractivity contribution >= 4 is 43.8 Å². The van der Waals surface area contributed by atoms with E-state index >= 15 is 0 Å². The van der Waals surface area contributed by atoms with E-state index in [0.717, 1.165) is 13.0 Å². The summed E-state index contributed by atoms with van der Waals surface area (Å²) >= 11 is 0. The molecule has 0 fully saturated rings. The number of likely N-dealkylation sites (N-methyl/N-ethyl adjacent to an activating group) is 1. The number of imidazole rings is 1. The van der Waals surface area contributed by atoms with Crippen molar-refractivity contribution in [2.75, 3.05) is 11.9 Å². The molecule has 7 rings (SSSR count). The van der Waals surface area contributed by atoms with Gasteiger partial charge in [-0.15, -0.1) is 0 Å². The SMILES string of the molecule is CC[n+]1c2n(c3cc4ccccc4cc31)C(C)CC2=C/C=C1\N(C)c2ccc3ccccc3c2C1(C)C.[I-]. The van der Waals surface area contributed by atoms with E-state index in [1.165, 1.54) is 60.9 Å².